The van der Waals surface area contributed by atoms with Crippen molar-refractivity contribution in [1.29, 1.82) is 0 Å². The molecule has 178 valence electrons. The number of esters is 1. The number of rotatable bonds is 9. The summed E-state index contributed by atoms with van der Waals surface area (Å²) in [5.41, 5.74) is 0.956. The standard InChI is InChI=1S/C25H26N2O6S/c1-16(20-9-5-7-17-6-3-4-8-21(17)20)26-24(28)15-33-25(29)18-10-13-22(32-2)23(14-18)34(30,31)27-19-11-12-19/h3-10,13-14,16,19,27H,11-12,15H2,1-2H3,(H,26,28). The van der Waals surface area contributed by atoms with E-state index in [9.17, 15) is 18.0 Å². The lowest BCUT2D eigenvalue weighted by atomic mass is 10.00. The fraction of sp³-hybridized carbons (Fsp3) is 0.280. The van der Waals surface area contributed by atoms with E-state index in [0.717, 1.165) is 29.2 Å². The third kappa shape index (κ3) is 5.37. The van der Waals surface area contributed by atoms with Crippen molar-refractivity contribution in [2.24, 2.45) is 0 Å². The normalized spacial score (nSPS) is 14.4. The number of nitrogens with one attached hydrogen (secondary N) is 2. The van der Waals surface area contributed by atoms with Gasteiger partial charge >= 0.3 is 5.97 Å². The lowest BCUT2D eigenvalue weighted by molar-refractivity contribution is -0.124. The average molecular weight is 483 g/mol. The molecule has 3 aromatic rings. The number of amides is 1. The molecule has 0 aromatic heterocycles. The van der Waals surface area contributed by atoms with Crippen molar-refractivity contribution < 1.29 is 27.5 Å². The van der Waals surface area contributed by atoms with Gasteiger partial charge in [-0.05, 0) is 54.3 Å². The van der Waals surface area contributed by atoms with Gasteiger partial charge in [0, 0.05) is 6.04 Å². The molecule has 8 nitrogen and oxygen atoms in total. The van der Waals surface area contributed by atoms with E-state index in [1.165, 1.54) is 25.3 Å². The van der Waals surface area contributed by atoms with Crippen LogP contribution in [0.3, 0.4) is 0 Å². The zero-order chi connectivity index (χ0) is 24.3. The maximum atomic E-state index is 12.6. The Bertz CT molecular complexity index is 1330. The first-order valence-electron chi connectivity index (χ1n) is 10.9. The van der Waals surface area contributed by atoms with Crippen LogP contribution in [0.4, 0.5) is 0 Å². The van der Waals surface area contributed by atoms with E-state index < -0.39 is 28.5 Å². The van der Waals surface area contributed by atoms with Crippen LogP contribution >= 0.6 is 0 Å². The Balaban J connectivity index is 1.41. The number of hydrogen-bond acceptors (Lipinski definition) is 6. The maximum absolute atomic E-state index is 12.6. The molecule has 1 atom stereocenters. The van der Waals surface area contributed by atoms with Gasteiger partial charge in [0.1, 0.15) is 10.6 Å². The van der Waals surface area contributed by atoms with Gasteiger partial charge in [0.25, 0.3) is 5.91 Å². The summed E-state index contributed by atoms with van der Waals surface area (Å²) in [6.07, 6.45) is 1.55. The number of carbonyl (C=O) groups is 2. The number of carbonyl (C=O) groups excluding carboxylic acids is 2. The molecule has 2 N–H and O–H groups in total. The van der Waals surface area contributed by atoms with Gasteiger partial charge in [-0.1, -0.05) is 42.5 Å². The molecule has 0 aliphatic heterocycles. The molecule has 1 amide bonds. The first-order chi connectivity index (χ1) is 16.3. The largest absolute Gasteiger partial charge is 0.495 e. The van der Waals surface area contributed by atoms with Gasteiger partial charge in [-0.3, -0.25) is 4.79 Å². The molecule has 1 unspecified atom stereocenters. The van der Waals surface area contributed by atoms with Crippen LogP contribution in [0.15, 0.2) is 65.6 Å². The third-order valence-electron chi connectivity index (χ3n) is 5.59. The topological polar surface area (TPSA) is 111 Å². The van der Waals surface area contributed by atoms with E-state index in [1.807, 2.05) is 49.4 Å². The summed E-state index contributed by atoms with van der Waals surface area (Å²) in [4.78, 5) is 24.8. The van der Waals surface area contributed by atoms with Crippen molar-refractivity contribution in [1.82, 2.24) is 10.0 Å². The molecule has 0 bridgehead atoms. The summed E-state index contributed by atoms with van der Waals surface area (Å²) < 4.78 is 38.1. The van der Waals surface area contributed by atoms with Crippen molar-refractivity contribution in [3.05, 3.63) is 71.8 Å². The Morgan fingerprint density at radius 2 is 1.79 bits per heavy atom. The minimum absolute atomic E-state index is 0.00636. The Labute approximate surface area is 198 Å². The molecule has 0 saturated heterocycles. The lowest BCUT2D eigenvalue weighted by Crippen LogP contribution is -2.31. The Morgan fingerprint density at radius 3 is 2.53 bits per heavy atom. The number of benzene rings is 3. The first-order valence-corrected chi connectivity index (χ1v) is 12.4. The van der Waals surface area contributed by atoms with E-state index in [4.69, 9.17) is 9.47 Å². The molecule has 0 spiro atoms. The van der Waals surface area contributed by atoms with Crippen molar-refractivity contribution >= 4 is 32.7 Å². The number of methoxy groups -OCH3 is 1. The quantitative estimate of drug-likeness (QED) is 0.453. The summed E-state index contributed by atoms with van der Waals surface area (Å²) in [5.74, 6) is -1.16. The maximum Gasteiger partial charge on any atom is 0.338 e. The fourth-order valence-electron chi connectivity index (χ4n) is 3.70. The van der Waals surface area contributed by atoms with Gasteiger partial charge in [-0.2, -0.15) is 0 Å². The number of hydrogen-bond donors (Lipinski definition) is 2. The number of ether oxygens (including phenoxy) is 2. The molecule has 34 heavy (non-hydrogen) atoms. The molecule has 1 saturated carbocycles. The zero-order valence-electron chi connectivity index (χ0n) is 18.9. The number of fused-ring (bicyclic) bond motifs is 1. The monoisotopic (exact) mass is 482 g/mol. The van der Waals surface area contributed by atoms with E-state index in [2.05, 4.69) is 10.0 Å². The molecule has 0 radical (unpaired) electrons. The van der Waals surface area contributed by atoms with Crippen molar-refractivity contribution in [2.45, 2.75) is 36.7 Å². The highest BCUT2D eigenvalue weighted by molar-refractivity contribution is 7.89. The highest BCUT2D eigenvalue weighted by atomic mass is 32.2. The van der Waals surface area contributed by atoms with Crippen LogP contribution in [0, 0.1) is 0 Å². The molecule has 0 heterocycles. The molecule has 1 fully saturated rings. The molecule has 3 aromatic carbocycles. The van der Waals surface area contributed by atoms with E-state index in [0.29, 0.717) is 0 Å². The SMILES string of the molecule is COc1ccc(C(=O)OCC(=O)NC(C)c2cccc3ccccc23)cc1S(=O)(=O)NC1CC1. The molecule has 4 rings (SSSR count). The van der Waals surface area contributed by atoms with Crippen LogP contribution in [-0.4, -0.2) is 40.1 Å². The zero-order valence-corrected chi connectivity index (χ0v) is 19.7. The van der Waals surface area contributed by atoms with Crippen LogP contribution in [0.2, 0.25) is 0 Å². The van der Waals surface area contributed by atoms with Crippen LogP contribution in [0.1, 0.15) is 41.7 Å². The number of sulfonamides is 1. The van der Waals surface area contributed by atoms with Gasteiger partial charge in [0.05, 0.1) is 18.7 Å². The molecular formula is C25H26N2O6S. The fourth-order valence-corrected chi connectivity index (χ4v) is 5.20. The van der Waals surface area contributed by atoms with Crippen molar-refractivity contribution in [3.8, 4) is 5.75 Å². The summed E-state index contributed by atoms with van der Waals surface area (Å²) in [6, 6.07) is 17.3. The van der Waals surface area contributed by atoms with Gasteiger partial charge in [-0.15, -0.1) is 0 Å². The Kier molecular flexibility index (Phi) is 6.85. The summed E-state index contributed by atoms with van der Waals surface area (Å²) in [5, 5.41) is 4.93. The van der Waals surface area contributed by atoms with Crippen LogP contribution in [0.25, 0.3) is 10.8 Å². The summed E-state index contributed by atoms with van der Waals surface area (Å²) in [7, 11) is -2.50. The minimum Gasteiger partial charge on any atom is -0.495 e. The predicted octanol–water partition coefficient (Wildman–Crippen LogP) is 3.32. The molecule has 1 aliphatic carbocycles. The Morgan fingerprint density at radius 1 is 1.06 bits per heavy atom. The second-order valence-electron chi connectivity index (χ2n) is 8.19. The highest BCUT2D eigenvalue weighted by Gasteiger charge is 2.30. The van der Waals surface area contributed by atoms with Gasteiger partial charge in [0.2, 0.25) is 10.0 Å². The van der Waals surface area contributed by atoms with Crippen LogP contribution < -0.4 is 14.8 Å². The smallest absolute Gasteiger partial charge is 0.338 e. The van der Waals surface area contributed by atoms with Gasteiger partial charge in [-0.25, -0.2) is 17.9 Å². The molecular weight excluding hydrogens is 456 g/mol. The summed E-state index contributed by atoms with van der Waals surface area (Å²) in [6.45, 7) is 1.36. The lowest BCUT2D eigenvalue weighted by Gasteiger charge is -2.17. The van der Waals surface area contributed by atoms with Crippen molar-refractivity contribution in [3.63, 3.8) is 0 Å². The second-order valence-corrected chi connectivity index (χ2v) is 9.88. The minimum atomic E-state index is -3.85. The van der Waals surface area contributed by atoms with E-state index in [1.54, 1.807) is 0 Å². The molecule has 1 aliphatic rings. The second kappa shape index (κ2) is 9.82. The van der Waals surface area contributed by atoms with E-state index >= 15 is 0 Å². The predicted molar refractivity (Wildman–Crippen MR) is 127 cm³/mol. The van der Waals surface area contributed by atoms with Crippen molar-refractivity contribution in [2.75, 3.05) is 13.7 Å². The van der Waals surface area contributed by atoms with E-state index in [-0.39, 0.29) is 28.3 Å². The first kappa shape index (κ1) is 23.7. The van der Waals surface area contributed by atoms with Crippen LogP contribution in [0.5, 0.6) is 5.75 Å². The average Bonchev–Trinajstić information content (AvgIpc) is 3.65. The summed E-state index contributed by atoms with van der Waals surface area (Å²) >= 11 is 0. The van der Waals surface area contributed by atoms with Gasteiger partial charge < -0.3 is 14.8 Å². The molecule has 9 heteroatoms. The van der Waals surface area contributed by atoms with Crippen LogP contribution in [-0.2, 0) is 19.6 Å². The van der Waals surface area contributed by atoms with Gasteiger partial charge in [0.15, 0.2) is 6.61 Å². The third-order valence-corrected chi connectivity index (χ3v) is 7.13. The highest BCUT2D eigenvalue weighted by Crippen LogP contribution is 2.28. The Hall–Kier alpha value is -3.43.